The van der Waals surface area contributed by atoms with Crippen LogP contribution in [0.5, 0.6) is 0 Å². The fourth-order valence-corrected chi connectivity index (χ4v) is 2.28. The molecule has 0 aromatic carbocycles. The average Bonchev–Trinajstić information content (AvgIpc) is 2.50. The van der Waals surface area contributed by atoms with Crippen molar-refractivity contribution in [3.8, 4) is 0 Å². The fraction of sp³-hybridized carbons (Fsp3) is 0.895. The molecule has 0 unspecified atom stereocenters. The van der Waals surface area contributed by atoms with Gasteiger partial charge in [0.05, 0.1) is 0 Å². The summed E-state index contributed by atoms with van der Waals surface area (Å²) in [5.41, 5.74) is 0. The Morgan fingerprint density at radius 3 is 1.83 bits per heavy atom. The number of nitrogens with zero attached hydrogens (tertiary/aromatic N) is 2. The molecule has 0 saturated carbocycles. The fourth-order valence-electron chi connectivity index (χ4n) is 2.28. The molecular weight excluding hydrogens is 288 g/mol. The van der Waals surface area contributed by atoms with Crippen molar-refractivity contribution >= 4 is 11.7 Å². The van der Waals surface area contributed by atoms with Gasteiger partial charge in [0.1, 0.15) is 5.78 Å². The summed E-state index contributed by atoms with van der Waals surface area (Å²) in [7, 11) is 3.99. The first kappa shape index (κ1) is 22.1. The molecule has 23 heavy (non-hydrogen) atoms. The molecule has 0 saturated heterocycles. The van der Waals surface area contributed by atoms with Gasteiger partial charge in [0.2, 0.25) is 5.91 Å². The van der Waals surface area contributed by atoms with Crippen molar-refractivity contribution in [2.24, 2.45) is 5.92 Å². The molecule has 0 spiro atoms. The van der Waals surface area contributed by atoms with Gasteiger partial charge in [0.25, 0.3) is 0 Å². The van der Waals surface area contributed by atoms with E-state index in [0.717, 1.165) is 45.2 Å². The van der Waals surface area contributed by atoms with Crippen LogP contribution in [0.2, 0.25) is 0 Å². The van der Waals surface area contributed by atoms with Crippen LogP contribution >= 0.6 is 0 Å². The van der Waals surface area contributed by atoms with Crippen molar-refractivity contribution in [1.29, 1.82) is 0 Å². The van der Waals surface area contributed by atoms with E-state index >= 15 is 0 Å². The highest BCUT2D eigenvalue weighted by Crippen LogP contribution is 2.10. The first-order valence-electron chi connectivity index (χ1n) is 9.22. The van der Waals surface area contributed by atoms with Crippen molar-refractivity contribution in [3.05, 3.63) is 0 Å². The van der Waals surface area contributed by atoms with Crippen molar-refractivity contribution < 1.29 is 9.59 Å². The molecule has 0 atom stereocenters. The van der Waals surface area contributed by atoms with Crippen LogP contribution in [0.15, 0.2) is 0 Å². The average molecular weight is 327 g/mol. The lowest BCUT2D eigenvalue weighted by atomic mass is 10.0. The summed E-state index contributed by atoms with van der Waals surface area (Å²) in [6.45, 7) is 9.97. The Morgan fingerprint density at radius 2 is 1.30 bits per heavy atom. The highest BCUT2D eigenvalue weighted by atomic mass is 16.2. The Bertz CT molecular complexity index is 340. The molecule has 0 radical (unpaired) electrons. The summed E-state index contributed by atoms with van der Waals surface area (Å²) in [4.78, 5) is 27.6. The number of unbranched alkanes of at least 4 members (excludes halogenated alkanes) is 4. The minimum atomic E-state index is 0.165. The molecule has 0 aromatic heterocycles. The van der Waals surface area contributed by atoms with E-state index in [-0.39, 0.29) is 11.8 Å². The zero-order valence-electron chi connectivity index (χ0n) is 16.2. The maximum Gasteiger partial charge on any atom is 0.222 e. The highest BCUT2D eigenvalue weighted by molar-refractivity contribution is 5.80. The third-order valence-corrected chi connectivity index (χ3v) is 4.55. The number of likely N-dealkylation sites (N-methyl/N-ethyl adjacent to an activating group) is 2. The third kappa shape index (κ3) is 11.3. The largest absolute Gasteiger partial charge is 0.344 e. The predicted octanol–water partition coefficient (Wildman–Crippen LogP) is 3.74. The monoisotopic (exact) mass is 326 g/mol. The molecule has 4 heteroatoms. The molecule has 0 heterocycles. The highest BCUT2D eigenvalue weighted by Gasteiger charge is 2.10. The number of carbonyl (C=O) groups is 2. The van der Waals surface area contributed by atoms with Gasteiger partial charge in [-0.05, 0) is 33.7 Å². The van der Waals surface area contributed by atoms with Crippen LogP contribution in [0.4, 0.5) is 0 Å². The van der Waals surface area contributed by atoms with Crippen LogP contribution < -0.4 is 0 Å². The molecule has 0 aromatic rings. The van der Waals surface area contributed by atoms with Gasteiger partial charge in [-0.25, -0.2) is 0 Å². The third-order valence-electron chi connectivity index (χ3n) is 4.55. The quantitative estimate of drug-likeness (QED) is 0.484. The second kappa shape index (κ2) is 12.5. The minimum absolute atomic E-state index is 0.165. The van der Waals surface area contributed by atoms with Gasteiger partial charge < -0.3 is 9.80 Å². The van der Waals surface area contributed by atoms with E-state index < -0.39 is 0 Å². The van der Waals surface area contributed by atoms with Gasteiger partial charge in [-0.2, -0.15) is 0 Å². The Morgan fingerprint density at radius 1 is 0.783 bits per heavy atom. The predicted molar refractivity (Wildman–Crippen MR) is 97.6 cm³/mol. The summed E-state index contributed by atoms with van der Waals surface area (Å²) in [6.07, 6.45) is 6.62. The van der Waals surface area contributed by atoms with Crippen LogP contribution in [-0.2, 0) is 9.59 Å². The zero-order chi connectivity index (χ0) is 17.8. The van der Waals surface area contributed by atoms with Crippen LogP contribution in [0.3, 0.4) is 0 Å². The van der Waals surface area contributed by atoms with Gasteiger partial charge in [-0.3, -0.25) is 9.59 Å². The molecule has 0 aliphatic rings. The Labute approximate surface area is 143 Å². The summed E-state index contributed by atoms with van der Waals surface area (Å²) in [6, 6.07) is 0.515. The maximum absolute atomic E-state index is 12.0. The molecule has 4 nitrogen and oxygen atoms in total. The molecule has 0 rings (SSSR count). The van der Waals surface area contributed by atoms with Crippen LogP contribution in [-0.4, -0.2) is 54.7 Å². The standard InChI is InChI=1S/C19H38N2O2/c1-16(2)18(22)12-10-8-7-9-11-13-19(23)21(6)15-14-20(5)17(3)4/h16-17H,7-15H2,1-6H3. The van der Waals surface area contributed by atoms with Crippen molar-refractivity contribution in [1.82, 2.24) is 9.80 Å². The first-order valence-corrected chi connectivity index (χ1v) is 9.22. The number of amides is 1. The number of Topliss-reactive ketones (excluding diaryl/α,β-unsaturated/α-hetero) is 1. The molecule has 0 aliphatic heterocycles. The SMILES string of the molecule is CC(C)C(=O)CCCCCCCC(=O)N(C)CCN(C)C(C)C. The lowest BCUT2D eigenvalue weighted by Gasteiger charge is -2.24. The summed E-state index contributed by atoms with van der Waals surface area (Å²) < 4.78 is 0. The number of rotatable bonds is 13. The van der Waals surface area contributed by atoms with Crippen molar-refractivity contribution in [2.75, 3.05) is 27.2 Å². The van der Waals surface area contributed by atoms with Gasteiger partial charge in [0, 0.05) is 44.9 Å². The number of ketones is 1. The topological polar surface area (TPSA) is 40.6 Å². The van der Waals surface area contributed by atoms with E-state index in [0.29, 0.717) is 24.7 Å². The number of carbonyl (C=O) groups excluding carboxylic acids is 2. The van der Waals surface area contributed by atoms with E-state index in [1.54, 1.807) is 0 Å². The molecule has 136 valence electrons. The second-order valence-electron chi connectivity index (χ2n) is 7.28. The number of hydrogen-bond acceptors (Lipinski definition) is 3. The lowest BCUT2D eigenvalue weighted by Crippen LogP contribution is -2.37. The Hall–Kier alpha value is -0.900. The van der Waals surface area contributed by atoms with E-state index in [2.05, 4.69) is 25.8 Å². The first-order chi connectivity index (χ1) is 10.8. The Balaban J connectivity index is 3.61. The van der Waals surface area contributed by atoms with E-state index in [1.165, 1.54) is 0 Å². The van der Waals surface area contributed by atoms with Crippen molar-refractivity contribution in [2.45, 2.75) is 78.7 Å². The zero-order valence-corrected chi connectivity index (χ0v) is 16.2. The summed E-state index contributed by atoms with van der Waals surface area (Å²) in [5.74, 6) is 0.781. The molecule has 0 aliphatic carbocycles. The molecule has 0 N–H and O–H groups in total. The molecular formula is C19H38N2O2. The number of hydrogen-bond donors (Lipinski definition) is 0. The Kier molecular flexibility index (Phi) is 12.0. The second-order valence-corrected chi connectivity index (χ2v) is 7.28. The van der Waals surface area contributed by atoms with E-state index in [4.69, 9.17) is 0 Å². The van der Waals surface area contributed by atoms with Gasteiger partial charge in [0.15, 0.2) is 0 Å². The normalized spacial score (nSPS) is 11.5. The molecule has 1 amide bonds. The molecule has 0 bridgehead atoms. The summed E-state index contributed by atoms with van der Waals surface area (Å²) >= 11 is 0. The van der Waals surface area contributed by atoms with Crippen LogP contribution in [0.25, 0.3) is 0 Å². The van der Waals surface area contributed by atoms with E-state index in [9.17, 15) is 9.59 Å². The van der Waals surface area contributed by atoms with Gasteiger partial charge in [-0.1, -0.05) is 33.1 Å². The van der Waals surface area contributed by atoms with Gasteiger partial charge in [-0.15, -0.1) is 0 Å². The van der Waals surface area contributed by atoms with Crippen molar-refractivity contribution in [3.63, 3.8) is 0 Å². The summed E-state index contributed by atoms with van der Waals surface area (Å²) in [5, 5.41) is 0. The van der Waals surface area contributed by atoms with Crippen LogP contribution in [0.1, 0.15) is 72.6 Å². The molecule has 0 fully saturated rings. The minimum Gasteiger partial charge on any atom is -0.344 e. The van der Waals surface area contributed by atoms with E-state index in [1.807, 2.05) is 25.8 Å². The van der Waals surface area contributed by atoms with Crippen LogP contribution in [0, 0.1) is 5.92 Å². The lowest BCUT2D eigenvalue weighted by molar-refractivity contribution is -0.130. The van der Waals surface area contributed by atoms with Gasteiger partial charge >= 0.3 is 0 Å². The smallest absolute Gasteiger partial charge is 0.222 e. The maximum atomic E-state index is 12.0.